The monoisotopic (exact) mass is 266 g/mol. The van der Waals surface area contributed by atoms with Gasteiger partial charge in [-0.25, -0.2) is 0 Å². The molecule has 1 aliphatic rings. The molecule has 0 aliphatic heterocycles. The van der Waals surface area contributed by atoms with Gasteiger partial charge in [0, 0.05) is 5.92 Å². The van der Waals surface area contributed by atoms with E-state index < -0.39 is 10.3 Å². The summed E-state index contributed by atoms with van der Waals surface area (Å²) < 4.78 is -0.771. The highest BCUT2D eigenvalue weighted by atomic mass is 35.5. The molecule has 1 N–H and O–H groups in total. The fraction of sp³-hybridized carbons (Fsp3) is 0.917. The summed E-state index contributed by atoms with van der Waals surface area (Å²) in [7, 11) is 0. The van der Waals surface area contributed by atoms with Gasteiger partial charge in [-0.1, -0.05) is 39.0 Å². The lowest BCUT2D eigenvalue weighted by Crippen LogP contribution is -2.18. The number of halogens is 2. The summed E-state index contributed by atoms with van der Waals surface area (Å²) in [5.74, 6) is -1.14. The van der Waals surface area contributed by atoms with Gasteiger partial charge in [-0.15, -0.1) is 23.2 Å². The molecule has 4 heteroatoms. The number of hydrogen-bond donors (Lipinski definition) is 1. The van der Waals surface area contributed by atoms with Crippen LogP contribution in [0.25, 0.3) is 0 Å². The Morgan fingerprint density at radius 3 is 2.38 bits per heavy atom. The number of aliphatic carboxylic acids is 1. The molecule has 94 valence electrons. The van der Waals surface area contributed by atoms with Crippen LogP contribution >= 0.6 is 23.2 Å². The Labute approximate surface area is 107 Å². The highest BCUT2D eigenvalue weighted by Crippen LogP contribution is 2.57. The molecular weight excluding hydrogens is 247 g/mol. The predicted octanol–water partition coefficient (Wildman–Crippen LogP) is 4.24. The zero-order valence-corrected chi connectivity index (χ0v) is 11.2. The summed E-state index contributed by atoms with van der Waals surface area (Å²) in [6.45, 7) is 2.17. The van der Waals surface area contributed by atoms with Gasteiger partial charge in [-0.2, -0.15) is 0 Å². The van der Waals surface area contributed by atoms with Crippen molar-refractivity contribution in [2.45, 2.75) is 56.2 Å². The molecule has 2 atom stereocenters. The zero-order chi connectivity index (χ0) is 12.2. The van der Waals surface area contributed by atoms with Gasteiger partial charge in [0.25, 0.3) is 0 Å². The van der Waals surface area contributed by atoms with E-state index in [1.54, 1.807) is 0 Å². The first-order valence-electron chi connectivity index (χ1n) is 6.09. The Morgan fingerprint density at radius 2 is 1.94 bits per heavy atom. The number of unbranched alkanes of at least 4 members (excludes halogenated alkanes) is 4. The number of carboxylic acids is 1. The lowest BCUT2D eigenvalue weighted by molar-refractivity contribution is -0.142. The SMILES string of the molecule is CCCCCCCC(C(=O)O)C1CC1(Cl)Cl. The molecule has 0 aromatic carbocycles. The summed E-state index contributed by atoms with van der Waals surface area (Å²) in [4.78, 5) is 11.1. The Morgan fingerprint density at radius 1 is 1.38 bits per heavy atom. The first-order chi connectivity index (χ1) is 7.49. The maximum absolute atomic E-state index is 11.1. The highest BCUT2D eigenvalue weighted by molar-refractivity contribution is 6.51. The van der Waals surface area contributed by atoms with Crippen molar-refractivity contribution < 1.29 is 9.90 Å². The summed E-state index contributed by atoms with van der Waals surface area (Å²) in [6, 6.07) is 0. The van der Waals surface area contributed by atoms with Crippen LogP contribution in [0.3, 0.4) is 0 Å². The van der Waals surface area contributed by atoms with Gasteiger partial charge in [0.2, 0.25) is 0 Å². The molecule has 2 unspecified atom stereocenters. The van der Waals surface area contributed by atoms with Gasteiger partial charge in [-0.05, 0) is 12.8 Å². The summed E-state index contributed by atoms with van der Waals surface area (Å²) in [6.07, 6.45) is 7.06. The van der Waals surface area contributed by atoms with Gasteiger partial charge in [0.05, 0.1) is 5.92 Å². The number of hydrogen-bond acceptors (Lipinski definition) is 1. The van der Waals surface area contributed by atoms with Crippen LogP contribution < -0.4 is 0 Å². The van der Waals surface area contributed by atoms with Crippen LogP contribution in [0, 0.1) is 11.8 Å². The van der Waals surface area contributed by atoms with Crippen molar-refractivity contribution in [2.75, 3.05) is 0 Å². The minimum absolute atomic E-state index is 0.0421. The van der Waals surface area contributed by atoms with E-state index in [2.05, 4.69) is 6.92 Å². The Kier molecular flexibility index (Phi) is 5.39. The van der Waals surface area contributed by atoms with Crippen LogP contribution in [-0.4, -0.2) is 15.4 Å². The molecule has 16 heavy (non-hydrogen) atoms. The van der Waals surface area contributed by atoms with Crippen LogP contribution in [0.5, 0.6) is 0 Å². The second-order valence-corrected chi connectivity index (χ2v) is 6.26. The molecule has 0 heterocycles. The largest absolute Gasteiger partial charge is 0.481 e. The molecular formula is C12H20Cl2O2. The van der Waals surface area contributed by atoms with E-state index in [0.717, 1.165) is 12.8 Å². The number of carbonyl (C=O) groups is 1. The third kappa shape index (κ3) is 4.14. The maximum Gasteiger partial charge on any atom is 0.306 e. The van der Waals surface area contributed by atoms with Crippen LogP contribution in [0.2, 0.25) is 0 Å². The quantitative estimate of drug-likeness (QED) is 0.527. The normalized spacial score (nSPS) is 24.1. The molecule has 0 aromatic heterocycles. The lowest BCUT2D eigenvalue weighted by Gasteiger charge is -2.12. The van der Waals surface area contributed by atoms with Crippen molar-refractivity contribution in [3.8, 4) is 0 Å². The van der Waals surface area contributed by atoms with E-state index in [4.69, 9.17) is 28.3 Å². The van der Waals surface area contributed by atoms with Crippen molar-refractivity contribution in [3.63, 3.8) is 0 Å². The Hall–Kier alpha value is 0.0500. The van der Waals surface area contributed by atoms with Gasteiger partial charge in [-0.3, -0.25) is 4.79 Å². The van der Waals surface area contributed by atoms with E-state index in [1.165, 1.54) is 19.3 Å². The van der Waals surface area contributed by atoms with E-state index in [1.807, 2.05) is 0 Å². The first kappa shape index (κ1) is 14.1. The molecule has 1 aliphatic carbocycles. The van der Waals surface area contributed by atoms with Gasteiger partial charge in [0.15, 0.2) is 0 Å². The van der Waals surface area contributed by atoms with E-state index >= 15 is 0 Å². The second kappa shape index (κ2) is 6.11. The topological polar surface area (TPSA) is 37.3 Å². The minimum atomic E-state index is -0.771. The van der Waals surface area contributed by atoms with Crippen molar-refractivity contribution in [2.24, 2.45) is 11.8 Å². The number of rotatable bonds is 8. The Balaban J connectivity index is 2.23. The van der Waals surface area contributed by atoms with E-state index in [9.17, 15) is 4.79 Å². The minimum Gasteiger partial charge on any atom is -0.481 e. The second-order valence-electron chi connectivity index (χ2n) is 4.72. The molecule has 2 nitrogen and oxygen atoms in total. The van der Waals surface area contributed by atoms with Crippen LogP contribution in [0.1, 0.15) is 51.9 Å². The molecule has 0 amide bonds. The van der Waals surface area contributed by atoms with E-state index in [0.29, 0.717) is 12.8 Å². The van der Waals surface area contributed by atoms with Crippen molar-refractivity contribution in [1.82, 2.24) is 0 Å². The average Bonchev–Trinajstić information content (AvgIpc) is 2.80. The van der Waals surface area contributed by atoms with Crippen molar-refractivity contribution in [3.05, 3.63) is 0 Å². The van der Waals surface area contributed by atoms with Crippen LogP contribution in [0.15, 0.2) is 0 Å². The zero-order valence-electron chi connectivity index (χ0n) is 9.72. The Bertz CT molecular complexity index is 241. The maximum atomic E-state index is 11.1. The average molecular weight is 267 g/mol. The lowest BCUT2D eigenvalue weighted by atomic mass is 9.96. The van der Waals surface area contributed by atoms with Crippen molar-refractivity contribution >= 4 is 29.2 Å². The molecule has 1 saturated carbocycles. The molecule has 0 bridgehead atoms. The summed E-state index contributed by atoms with van der Waals surface area (Å²) in [5.41, 5.74) is 0. The standard InChI is InChI=1S/C12H20Cl2O2/c1-2-3-4-5-6-7-9(11(15)16)10-8-12(10,13)14/h9-10H,2-8H2,1H3,(H,15,16). The molecule has 0 saturated heterocycles. The van der Waals surface area contributed by atoms with E-state index in [-0.39, 0.29) is 11.8 Å². The summed E-state index contributed by atoms with van der Waals surface area (Å²) >= 11 is 11.8. The molecule has 0 aromatic rings. The molecule has 0 radical (unpaired) electrons. The van der Waals surface area contributed by atoms with Gasteiger partial charge < -0.3 is 5.11 Å². The molecule has 1 fully saturated rings. The third-order valence-electron chi connectivity index (χ3n) is 3.30. The van der Waals surface area contributed by atoms with Crippen LogP contribution in [0.4, 0.5) is 0 Å². The first-order valence-corrected chi connectivity index (χ1v) is 6.85. The molecule has 0 spiro atoms. The smallest absolute Gasteiger partial charge is 0.306 e. The number of carboxylic acid groups (broad SMARTS) is 1. The van der Waals surface area contributed by atoms with Crippen LogP contribution in [-0.2, 0) is 4.79 Å². The summed E-state index contributed by atoms with van der Waals surface area (Å²) in [5, 5.41) is 9.10. The predicted molar refractivity (Wildman–Crippen MR) is 67.0 cm³/mol. The number of alkyl halides is 2. The highest BCUT2D eigenvalue weighted by Gasteiger charge is 2.57. The molecule has 1 rings (SSSR count). The fourth-order valence-corrected chi connectivity index (χ4v) is 2.77. The fourth-order valence-electron chi connectivity index (χ4n) is 2.14. The third-order valence-corrected chi connectivity index (χ3v) is 4.17. The van der Waals surface area contributed by atoms with Gasteiger partial charge in [0.1, 0.15) is 4.33 Å². The van der Waals surface area contributed by atoms with Crippen molar-refractivity contribution in [1.29, 1.82) is 0 Å². The van der Waals surface area contributed by atoms with Gasteiger partial charge >= 0.3 is 5.97 Å².